The number of carbonyl (C=O) groups excluding carboxylic acids is 1. The minimum absolute atomic E-state index is 0.236. The summed E-state index contributed by atoms with van der Waals surface area (Å²) in [6, 6.07) is 19.1. The molecular weight excluding hydrogens is 344 g/mol. The molecule has 142 valence electrons. The van der Waals surface area contributed by atoms with Crippen LogP contribution in [-0.4, -0.2) is 28.3 Å². The van der Waals surface area contributed by atoms with Gasteiger partial charge in [-0.05, 0) is 56.0 Å². The largest absolute Gasteiger partial charge is 0.333 e. The fourth-order valence-corrected chi connectivity index (χ4v) is 4.86. The van der Waals surface area contributed by atoms with E-state index >= 15 is 0 Å². The summed E-state index contributed by atoms with van der Waals surface area (Å²) in [7, 11) is 0. The van der Waals surface area contributed by atoms with E-state index in [1.165, 1.54) is 16.5 Å². The maximum atomic E-state index is 13.1. The minimum atomic E-state index is 0.236. The van der Waals surface area contributed by atoms with Crippen LogP contribution in [0.4, 0.5) is 0 Å². The van der Waals surface area contributed by atoms with Crippen molar-refractivity contribution in [3.63, 3.8) is 0 Å². The van der Waals surface area contributed by atoms with Crippen LogP contribution in [0.5, 0.6) is 0 Å². The van der Waals surface area contributed by atoms with Gasteiger partial charge in [0.05, 0.1) is 12.2 Å². The summed E-state index contributed by atoms with van der Waals surface area (Å²) in [4.78, 5) is 15.6. The van der Waals surface area contributed by atoms with Crippen LogP contribution in [0.15, 0.2) is 66.2 Å². The van der Waals surface area contributed by atoms with E-state index < -0.39 is 0 Å². The van der Waals surface area contributed by atoms with Gasteiger partial charge in [-0.25, -0.2) is 0 Å². The molecule has 0 bridgehead atoms. The van der Waals surface area contributed by atoms with Crippen molar-refractivity contribution in [1.29, 1.82) is 0 Å². The number of aryl methyl sites for hydroxylation is 1. The molecule has 28 heavy (non-hydrogen) atoms. The predicted molar refractivity (Wildman–Crippen MR) is 114 cm³/mol. The maximum absolute atomic E-state index is 13.1. The highest BCUT2D eigenvalue weighted by Crippen LogP contribution is 2.34. The Balaban J connectivity index is 1.29. The second kappa shape index (κ2) is 7.06. The number of fused-ring (bicyclic) bond motifs is 3. The van der Waals surface area contributed by atoms with E-state index in [1.807, 2.05) is 0 Å². The zero-order valence-corrected chi connectivity index (χ0v) is 16.4. The van der Waals surface area contributed by atoms with Crippen LogP contribution in [0.1, 0.15) is 34.5 Å². The Morgan fingerprint density at radius 3 is 2.50 bits per heavy atom. The van der Waals surface area contributed by atoms with Crippen LogP contribution >= 0.6 is 0 Å². The summed E-state index contributed by atoms with van der Waals surface area (Å²) < 4.78 is 2.21. The minimum Gasteiger partial charge on any atom is -0.333 e. The van der Waals surface area contributed by atoms with Crippen LogP contribution in [0.25, 0.3) is 10.9 Å². The first-order chi connectivity index (χ1) is 13.7. The number of carbonyl (C=O) groups is 1. The molecule has 0 saturated carbocycles. The second-order valence-electron chi connectivity index (χ2n) is 8.20. The number of nitrogens with zero attached hydrogens (tertiary/aromatic N) is 2. The number of benzene rings is 2. The third-order valence-corrected chi connectivity index (χ3v) is 6.38. The van der Waals surface area contributed by atoms with E-state index in [0.29, 0.717) is 5.92 Å². The van der Waals surface area contributed by atoms with Crippen LogP contribution in [0, 0.1) is 12.8 Å². The molecule has 5 rings (SSSR count). The first kappa shape index (κ1) is 17.4. The Morgan fingerprint density at radius 1 is 1.00 bits per heavy atom. The van der Waals surface area contributed by atoms with E-state index in [1.54, 1.807) is 0 Å². The molecule has 1 aromatic heterocycles. The SMILES string of the molecule is Cc1c2n(c3ccccc13)C/C(=C/C1CCN(Cc3ccccc3)CC1)C2=O. The molecule has 1 fully saturated rings. The summed E-state index contributed by atoms with van der Waals surface area (Å²) in [6.45, 7) is 6.04. The van der Waals surface area contributed by atoms with Gasteiger partial charge in [0.2, 0.25) is 5.78 Å². The van der Waals surface area contributed by atoms with E-state index in [2.05, 4.69) is 77.1 Å². The molecule has 3 heteroatoms. The van der Waals surface area contributed by atoms with Gasteiger partial charge in [0.25, 0.3) is 0 Å². The normalized spacial score (nSPS) is 19.6. The molecule has 2 aliphatic rings. The molecular formula is C25H26N2O. The second-order valence-corrected chi connectivity index (χ2v) is 8.20. The quantitative estimate of drug-likeness (QED) is 0.607. The number of Topliss-reactive ketones (excluding diaryl/α,β-unsaturated/α-hetero) is 1. The van der Waals surface area contributed by atoms with Gasteiger partial charge in [-0.1, -0.05) is 54.6 Å². The lowest BCUT2D eigenvalue weighted by Gasteiger charge is -2.30. The highest BCUT2D eigenvalue weighted by atomic mass is 16.1. The molecule has 3 nitrogen and oxygen atoms in total. The first-order valence-electron chi connectivity index (χ1n) is 10.3. The Kier molecular flexibility index (Phi) is 4.40. The predicted octanol–water partition coefficient (Wildman–Crippen LogP) is 4.98. The van der Waals surface area contributed by atoms with E-state index in [4.69, 9.17) is 0 Å². The average molecular weight is 370 g/mol. The molecule has 0 spiro atoms. The Bertz CT molecular complexity index is 1050. The Hall–Kier alpha value is -2.65. The van der Waals surface area contributed by atoms with Gasteiger partial charge >= 0.3 is 0 Å². The highest BCUT2D eigenvalue weighted by Gasteiger charge is 2.30. The molecule has 3 heterocycles. The van der Waals surface area contributed by atoms with Crippen LogP contribution < -0.4 is 0 Å². The zero-order valence-electron chi connectivity index (χ0n) is 16.4. The molecule has 0 unspecified atom stereocenters. The first-order valence-corrected chi connectivity index (χ1v) is 10.3. The summed E-state index contributed by atoms with van der Waals surface area (Å²) in [5, 5.41) is 1.21. The third kappa shape index (κ3) is 3.00. The molecule has 2 aromatic carbocycles. The van der Waals surface area contributed by atoms with Crippen molar-refractivity contribution in [2.75, 3.05) is 13.1 Å². The van der Waals surface area contributed by atoms with Crippen LogP contribution in [0.3, 0.4) is 0 Å². The van der Waals surface area contributed by atoms with E-state index in [-0.39, 0.29) is 5.78 Å². The molecule has 3 aromatic rings. The standard InChI is InChI=1S/C25H26N2O/c1-18-22-9-5-6-10-23(22)27-17-21(25(28)24(18)27)15-19-11-13-26(14-12-19)16-20-7-3-2-4-8-20/h2-10,15,19H,11-14,16-17H2,1H3/b21-15-. The topological polar surface area (TPSA) is 25.2 Å². The number of para-hydroxylation sites is 1. The van der Waals surface area contributed by atoms with Gasteiger partial charge in [-0.3, -0.25) is 9.69 Å². The monoisotopic (exact) mass is 370 g/mol. The van der Waals surface area contributed by atoms with Crippen molar-refractivity contribution in [2.24, 2.45) is 5.92 Å². The molecule has 0 aliphatic carbocycles. The van der Waals surface area contributed by atoms with Gasteiger partial charge in [0, 0.05) is 23.0 Å². The van der Waals surface area contributed by atoms with E-state index in [0.717, 1.165) is 55.9 Å². The Labute approximate surface area is 166 Å². The van der Waals surface area contributed by atoms with Crippen LogP contribution in [-0.2, 0) is 13.1 Å². The zero-order chi connectivity index (χ0) is 19.1. The van der Waals surface area contributed by atoms with Gasteiger partial charge in [0.15, 0.2) is 0 Å². The number of aromatic nitrogens is 1. The number of ketones is 1. The maximum Gasteiger partial charge on any atom is 0.207 e. The number of likely N-dealkylation sites (tertiary alicyclic amines) is 1. The smallest absolute Gasteiger partial charge is 0.207 e. The summed E-state index contributed by atoms with van der Waals surface area (Å²) >= 11 is 0. The molecule has 1 saturated heterocycles. The summed E-state index contributed by atoms with van der Waals surface area (Å²) in [5.41, 5.74) is 5.58. The van der Waals surface area contributed by atoms with Crippen molar-refractivity contribution in [2.45, 2.75) is 32.9 Å². The van der Waals surface area contributed by atoms with Gasteiger partial charge in [0.1, 0.15) is 0 Å². The lowest BCUT2D eigenvalue weighted by molar-refractivity contribution is 0.103. The average Bonchev–Trinajstić information content (AvgIpc) is 3.20. The number of allylic oxidation sites excluding steroid dienone is 2. The van der Waals surface area contributed by atoms with E-state index in [9.17, 15) is 4.79 Å². The molecule has 0 radical (unpaired) electrons. The molecule has 0 atom stereocenters. The van der Waals surface area contributed by atoms with Gasteiger partial charge in [-0.2, -0.15) is 0 Å². The fourth-order valence-electron chi connectivity index (χ4n) is 4.86. The highest BCUT2D eigenvalue weighted by molar-refractivity contribution is 6.14. The number of piperidine rings is 1. The van der Waals surface area contributed by atoms with Gasteiger partial charge in [-0.15, -0.1) is 0 Å². The van der Waals surface area contributed by atoms with Crippen molar-refractivity contribution >= 4 is 16.7 Å². The van der Waals surface area contributed by atoms with Crippen LogP contribution in [0.2, 0.25) is 0 Å². The third-order valence-electron chi connectivity index (χ3n) is 6.38. The number of hydrogen-bond donors (Lipinski definition) is 0. The van der Waals surface area contributed by atoms with Crippen molar-refractivity contribution < 1.29 is 4.79 Å². The molecule has 0 amide bonds. The van der Waals surface area contributed by atoms with Crippen molar-refractivity contribution in [3.05, 3.63) is 83.1 Å². The lowest BCUT2D eigenvalue weighted by atomic mass is 9.93. The fraction of sp³-hybridized carbons (Fsp3) is 0.320. The summed E-state index contributed by atoms with van der Waals surface area (Å²) in [5.74, 6) is 0.752. The number of hydrogen-bond acceptors (Lipinski definition) is 2. The molecule has 0 N–H and O–H groups in total. The molecule has 2 aliphatic heterocycles. The van der Waals surface area contributed by atoms with Gasteiger partial charge < -0.3 is 4.57 Å². The van der Waals surface area contributed by atoms with Crippen molar-refractivity contribution in [3.8, 4) is 0 Å². The summed E-state index contributed by atoms with van der Waals surface area (Å²) in [6.07, 6.45) is 4.56. The number of rotatable bonds is 3. The van der Waals surface area contributed by atoms with Crippen molar-refractivity contribution in [1.82, 2.24) is 9.47 Å². The lowest BCUT2D eigenvalue weighted by Crippen LogP contribution is -2.32. The Morgan fingerprint density at radius 2 is 1.71 bits per heavy atom.